The lowest BCUT2D eigenvalue weighted by Gasteiger charge is -2.27. The number of aryl methyl sites for hydroxylation is 2. The van der Waals surface area contributed by atoms with E-state index in [0.717, 1.165) is 16.2 Å². The molecule has 1 unspecified atom stereocenters. The molecule has 2 aliphatic rings. The number of nitrogens with zero attached hydrogens (tertiary/aromatic N) is 1. The average molecular weight is 423 g/mol. The largest absolute Gasteiger partial charge is 0.466 e. The van der Waals surface area contributed by atoms with E-state index in [1.807, 2.05) is 0 Å². The number of piperidine rings is 1. The number of furan rings is 1. The predicted molar refractivity (Wildman–Crippen MR) is 107 cm³/mol. The molecular formula is C22H21N3O6. The number of hydrogen-bond acceptors (Lipinski definition) is 6. The van der Waals surface area contributed by atoms with Gasteiger partial charge in [-0.2, -0.15) is 0 Å². The van der Waals surface area contributed by atoms with Gasteiger partial charge in [0.25, 0.3) is 11.8 Å². The van der Waals surface area contributed by atoms with Gasteiger partial charge in [0, 0.05) is 18.5 Å². The summed E-state index contributed by atoms with van der Waals surface area (Å²) in [5.41, 5.74) is 1.62. The highest BCUT2D eigenvalue weighted by Crippen LogP contribution is 2.30. The molecule has 1 fully saturated rings. The Morgan fingerprint density at radius 3 is 2.61 bits per heavy atom. The zero-order valence-corrected chi connectivity index (χ0v) is 17.1. The highest BCUT2D eigenvalue weighted by atomic mass is 16.3. The molecule has 1 aromatic carbocycles. The molecule has 1 aromatic heterocycles. The van der Waals surface area contributed by atoms with E-state index in [-0.39, 0.29) is 42.8 Å². The molecular weight excluding hydrogens is 402 g/mol. The van der Waals surface area contributed by atoms with E-state index >= 15 is 0 Å². The van der Waals surface area contributed by atoms with Crippen LogP contribution in [0, 0.1) is 13.8 Å². The first-order valence-electron chi connectivity index (χ1n) is 9.92. The van der Waals surface area contributed by atoms with Gasteiger partial charge in [0.1, 0.15) is 17.6 Å². The van der Waals surface area contributed by atoms with Gasteiger partial charge in [-0.3, -0.25) is 34.2 Å². The highest BCUT2D eigenvalue weighted by molar-refractivity contribution is 6.24. The van der Waals surface area contributed by atoms with Crippen molar-refractivity contribution in [1.82, 2.24) is 15.5 Å². The van der Waals surface area contributed by atoms with E-state index in [4.69, 9.17) is 4.42 Å². The molecule has 4 rings (SSSR count). The Kier molecular flexibility index (Phi) is 5.18. The number of nitrogens with one attached hydrogen (secondary N) is 2. The second kappa shape index (κ2) is 7.82. The Bertz CT molecular complexity index is 1130. The molecule has 3 heterocycles. The number of imide groups is 2. The van der Waals surface area contributed by atoms with Crippen LogP contribution in [0.4, 0.5) is 0 Å². The van der Waals surface area contributed by atoms with Crippen LogP contribution in [0.3, 0.4) is 0 Å². The maximum atomic E-state index is 13.1. The van der Waals surface area contributed by atoms with Gasteiger partial charge in [-0.1, -0.05) is 12.1 Å². The van der Waals surface area contributed by atoms with E-state index in [2.05, 4.69) is 10.6 Å². The molecule has 9 heteroatoms. The Morgan fingerprint density at radius 2 is 1.94 bits per heavy atom. The smallest absolute Gasteiger partial charge is 0.262 e. The van der Waals surface area contributed by atoms with Crippen molar-refractivity contribution < 1.29 is 28.4 Å². The zero-order valence-electron chi connectivity index (χ0n) is 17.1. The molecule has 0 bridgehead atoms. The summed E-state index contributed by atoms with van der Waals surface area (Å²) in [6.45, 7) is 3.64. The van der Waals surface area contributed by atoms with Crippen LogP contribution in [0.5, 0.6) is 0 Å². The van der Waals surface area contributed by atoms with Crippen LogP contribution >= 0.6 is 0 Å². The highest BCUT2D eigenvalue weighted by Gasteiger charge is 2.45. The summed E-state index contributed by atoms with van der Waals surface area (Å²) in [7, 11) is 0. The summed E-state index contributed by atoms with van der Waals surface area (Å²) < 4.78 is 5.43. The first-order valence-corrected chi connectivity index (χ1v) is 9.92. The van der Waals surface area contributed by atoms with E-state index in [1.54, 1.807) is 32.0 Å². The maximum absolute atomic E-state index is 13.1. The monoisotopic (exact) mass is 423 g/mol. The number of amides is 5. The summed E-state index contributed by atoms with van der Waals surface area (Å²) in [5.74, 6) is -1.11. The minimum atomic E-state index is -1.03. The van der Waals surface area contributed by atoms with Crippen molar-refractivity contribution in [1.29, 1.82) is 0 Å². The fourth-order valence-electron chi connectivity index (χ4n) is 4.02. The lowest BCUT2D eigenvalue weighted by Crippen LogP contribution is -2.54. The van der Waals surface area contributed by atoms with Crippen molar-refractivity contribution in [3.8, 4) is 0 Å². The Labute approximate surface area is 177 Å². The third-order valence-electron chi connectivity index (χ3n) is 5.53. The number of carbonyl (C=O) groups excluding carboxylic acids is 5. The number of carbonyl (C=O) groups is 5. The standard InChI is InChI=1S/C22H21N3O6/c1-11-8-14(12(2)31-11)9-18(27)23-10-13-4-3-5-15-19(13)22(30)25(21(15)29)16-6-7-17(26)24-20(16)28/h3-5,8,16H,6-7,9-10H2,1-2H3,(H,23,27)(H,24,26,28). The third-order valence-corrected chi connectivity index (χ3v) is 5.53. The van der Waals surface area contributed by atoms with Crippen LogP contribution < -0.4 is 10.6 Å². The minimum Gasteiger partial charge on any atom is -0.466 e. The van der Waals surface area contributed by atoms with Crippen molar-refractivity contribution in [2.75, 3.05) is 0 Å². The van der Waals surface area contributed by atoms with Crippen molar-refractivity contribution in [3.63, 3.8) is 0 Å². The van der Waals surface area contributed by atoms with Crippen LogP contribution in [0.25, 0.3) is 0 Å². The van der Waals surface area contributed by atoms with Gasteiger partial charge in [-0.15, -0.1) is 0 Å². The van der Waals surface area contributed by atoms with Crippen LogP contribution in [-0.4, -0.2) is 40.5 Å². The summed E-state index contributed by atoms with van der Waals surface area (Å²) in [4.78, 5) is 62.8. The number of rotatable bonds is 5. The molecule has 0 radical (unpaired) electrons. The van der Waals surface area contributed by atoms with Gasteiger partial charge in [0.05, 0.1) is 17.5 Å². The summed E-state index contributed by atoms with van der Waals surface area (Å²) >= 11 is 0. The third kappa shape index (κ3) is 3.74. The molecule has 160 valence electrons. The zero-order chi connectivity index (χ0) is 22.3. The van der Waals surface area contributed by atoms with Gasteiger partial charge in [0.2, 0.25) is 17.7 Å². The Morgan fingerprint density at radius 1 is 1.16 bits per heavy atom. The second-order valence-corrected chi connectivity index (χ2v) is 7.68. The van der Waals surface area contributed by atoms with Gasteiger partial charge in [0.15, 0.2) is 0 Å². The van der Waals surface area contributed by atoms with E-state index in [0.29, 0.717) is 11.3 Å². The van der Waals surface area contributed by atoms with Crippen molar-refractivity contribution >= 4 is 29.5 Å². The molecule has 2 aromatic rings. The molecule has 9 nitrogen and oxygen atoms in total. The molecule has 2 N–H and O–H groups in total. The molecule has 1 atom stereocenters. The maximum Gasteiger partial charge on any atom is 0.262 e. The summed E-state index contributed by atoms with van der Waals surface area (Å²) in [5, 5.41) is 4.94. The number of benzene rings is 1. The summed E-state index contributed by atoms with van der Waals surface area (Å²) in [6, 6.07) is 5.58. The lowest BCUT2D eigenvalue weighted by molar-refractivity contribution is -0.136. The van der Waals surface area contributed by atoms with Gasteiger partial charge in [-0.25, -0.2) is 0 Å². The normalized spacial score (nSPS) is 18.3. The average Bonchev–Trinajstić information content (AvgIpc) is 3.16. The predicted octanol–water partition coefficient (Wildman–Crippen LogP) is 1.16. The van der Waals surface area contributed by atoms with Crippen molar-refractivity contribution in [2.24, 2.45) is 0 Å². The SMILES string of the molecule is Cc1cc(CC(=O)NCc2cccc3c2C(=O)N(C2CCC(=O)NC2=O)C3=O)c(C)o1. The summed E-state index contributed by atoms with van der Waals surface area (Å²) in [6.07, 6.45) is 0.277. The lowest BCUT2D eigenvalue weighted by atomic mass is 10.0. The van der Waals surface area contributed by atoms with E-state index in [1.165, 1.54) is 6.07 Å². The molecule has 0 spiro atoms. The van der Waals surface area contributed by atoms with Crippen LogP contribution in [0.15, 0.2) is 28.7 Å². The molecule has 1 saturated heterocycles. The number of hydrogen-bond donors (Lipinski definition) is 2. The van der Waals surface area contributed by atoms with E-state index < -0.39 is 29.7 Å². The molecule has 0 aliphatic carbocycles. The van der Waals surface area contributed by atoms with Gasteiger partial charge < -0.3 is 9.73 Å². The Hall–Kier alpha value is -3.75. The van der Waals surface area contributed by atoms with Crippen LogP contribution in [-0.2, 0) is 27.3 Å². The van der Waals surface area contributed by atoms with Crippen LogP contribution in [0.2, 0.25) is 0 Å². The quantitative estimate of drug-likeness (QED) is 0.695. The fourth-order valence-corrected chi connectivity index (χ4v) is 4.02. The molecule has 0 saturated carbocycles. The number of fused-ring (bicyclic) bond motifs is 1. The second-order valence-electron chi connectivity index (χ2n) is 7.68. The molecule has 31 heavy (non-hydrogen) atoms. The molecule has 2 aliphatic heterocycles. The minimum absolute atomic E-state index is 0.0552. The van der Waals surface area contributed by atoms with E-state index in [9.17, 15) is 24.0 Å². The van der Waals surface area contributed by atoms with Gasteiger partial charge in [-0.05, 0) is 38.0 Å². The van der Waals surface area contributed by atoms with Crippen molar-refractivity contribution in [2.45, 2.75) is 45.7 Å². The van der Waals surface area contributed by atoms with Crippen molar-refractivity contribution in [3.05, 3.63) is 58.0 Å². The Balaban J connectivity index is 1.51. The molecule has 5 amide bonds. The first-order chi connectivity index (χ1) is 14.8. The van der Waals surface area contributed by atoms with Crippen LogP contribution in [0.1, 0.15) is 56.2 Å². The van der Waals surface area contributed by atoms with Gasteiger partial charge >= 0.3 is 0 Å². The topological polar surface area (TPSA) is 126 Å². The first kappa shape index (κ1) is 20.5. The fraction of sp³-hybridized carbons (Fsp3) is 0.318.